The largest absolute Gasteiger partial charge is 0.496 e. The minimum atomic E-state index is -0.224. The summed E-state index contributed by atoms with van der Waals surface area (Å²) in [5.41, 5.74) is 2.11. The molecule has 7 heteroatoms. The molecule has 1 saturated heterocycles. The molecule has 0 aromatic heterocycles. The van der Waals surface area contributed by atoms with E-state index in [9.17, 15) is 9.59 Å². The van der Waals surface area contributed by atoms with Gasteiger partial charge in [-0.15, -0.1) is 0 Å². The van der Waals surface area contributed by atoms with E-state index in [4.69, 9.17) is 16.3 Å². The molecule has 31 heavy (non-hydrogen) atoms. The first-order valence-corrected chi connectivity index (χ1v) is 11.1. The van der Waals surface area contributed by atoms with Crippen molar-refractivity contribution in [1.29, 1.82) is 0 Å². The van der Waals surface area contributed by atoms with E-state index in [-0.39, 0.29) is 23.8 Å². The van der Waals surface area contributed by atoms with Gasteiger partial charge in [-0.2, -0.15) is 0 Å². The quantitative estimate of drug-likeness (QED) is 0.673. The van der Waals surface area contributed by atoms with Crippen LogP contribution in [0.2, 0.25) is 5.02 Å². The molecule has 2 aromatic carbocycles. The van der Waals surface area contributed by atoms with Crippen molar-refractivity contribution in [2.75, 3.05) is 25.5 Å². The van der Waals surface area contributed by atoms with Gasteiger partial charge in [0, 0.05) is 37.2 Å². The Balaban J connectivity index is 1.41. The second-order valence-electron chi connectivity index (χ2n) is 8.34. The van der Waals surface area contributed by atoms with E-state index in [0.717, 1.165) is 32.4 Å². The Bertz CT molecular complexity index is 962. The van der Waals surface area contributed by atoms with E-state index in [1.54, 1.807) is 12.1 Å². The van der Waals surface area contributed by atoms with Crippen LogP contribution in [-0.4, -0.2) is 43.0 Å². The molecule has 2 fully saturated rings. The smallest absolute Gasteiger partial charge is 0.255 e. The van der Waals surface area contributed by atoms with Crippen LogP contribution in [0.5, 0.6) is 5.75 Å². The van der Waals surface area contributed by atoms with Gasteiger partial charge in [-0.25, -0.2) is 0 Å². The van der Waals surface area contributed by atoms with E-state index >= 15 is 0 Å². The Labute approximate surface area is 187 Å². The van der Waals surface area contributed by atoms with Crippen molar-refractivity contribution < 1.29 is 14.3 Å². The summed E-state index contributed by atoms with van der Waals surface area (Å²) in [6, 6.07) is 13.9. The predicted octanol–water partition coefficient (Wildman–Crippen LogP) is 4.26. The molecule has 0 spiro atoms. The molecule has 164 valence electrons. The highest BCUT2D eigenvalue weighted by atomic mass is 35.5. The molecule has 2 aromatic rings. The van der Waals surface area contributed by atoms with E-state index in [0.29, 0.717) is 28.1 Å². The maximum atomic E-state index is 13.0. The van der Waals surface area contributed by atoms with Gasteiger partial charge in [0.05, 0.1) is 23.4 Å². The monoisotopic (exact) mass is 441 g/mol. The van der Waals surface area contributed by atoms with Gasteiger partial charge in [0.1, 0.15) is 5.75 Å². The SMILES string of the molecule is COc1cc(NC(=O)C2CC2)c(Cl)cc1C(=O)N[C@H]1CCN([C@H](C)c2ccccc2)C1. The Kier molecular flexibility index (Phi) is 6.49. The van der Waals surface area contributed by atoms with Crippen LogP contribution < -0.4 is 15.4 Å². The minimum Gasteiger partial charge on any atom is -0.496 e. The molecule has 2 N–H and O–H groups in total. The third kappa shape index (κ3) is 5.02. The van der Waals surface area contributed by atoms with Gasteiger partial charge in [-0.3, -0.25) is 14.5 Å². The zero-order chi connectivity index (χ0) is 22.0. The van der Waals surface area contributed by atoms with Gasteiger partial charge in [-0.05, 0) is 37.8 Å². The highest BCUT2D eigenvalue weighted by molar-refractivity contribution is 6.34. The highest BCUT2D eigenvalue weighted by Crippen LogP contribution is 2.35. The Morgan fingerprint density at radius 1 is 1.16 bits per heavy atom. The van der Waals surface area contributed by atoms with Crippen molar-refractivity contribution >= 4 is 29.1 Å². The summed E-state index contributed by atoms with van der Waals surface area (Å²) in [4.78, 5) is 27.4. The molecule has 0 radical (unpaired) electrons. The van der Waals surface area contributed by atoms with Crippen molar-refractivity contribution in [3.8, 4) is 5.75 Å². The summed E-state index contributed by atoms with van der Waals surface area (Å²) >= 11 is 6.36. The number of hydrogen-bond acceptors (Lipinski definition) is 4. The molecule has 6 nitrogen and oxygen atoms in total. The number of hydrogen-bond donors (Lipinski definition) is 2. The average molecular weight is 442 g/mol. The van der Waals surface area contributed by atoms with Crippen LogP contribution in [0.15, 0.2) is 42.5 Å². The molecule has 2 atom stereocenters. The number of ether oxygens (including phenoxy) is 1. The lowest BCUT2D eigenvalue weighted by Crippen LogP contribution is -2.37. The maximum absolute atomic E-state index is 13.0. The van der Waals surface area contributed by atoms with E-state index in [2.05, 4.69) is 34.6 Å². The van der Waals surface area contributed by atoms with E-state index in [1.165, 1.54) is 12.7 Å². The van der Waals surface area contributed by atoms with E-state index < -0.39 is 0 Å². The number of carbonyl (C=O) groups excluding carboxylic acids is 2. The van der Waals surface area contributed by atoms with Crippen molar-refractivity contribution in [2.45, 2.75) is 38.3 Å². The average Bonchev–Trinajstić information content (AvgIpc) is 3.54. The number of anilines is 1. The van der Waals surface area contributed by atoms with Crippen LogP contribution in [0.3, 0.4) is 0 Å². The third-order valence-electron chi connectivity index (χ3n) is 6.12. The summed E-state index contributed by atoms with van der Waals surface area (Å²) < 4.78 is 5.42. The lowest BCUT2D eigenvalue weighted by Gasteiger charge is -2.25. The van der Waals surface area contributed by atoms with Gasteiger partial charge in [-0.1, -0.05) is 41.9 Å². The van der Waals surface area contributed by atoms with Gasteiger partial charge < -0.3 is 15.4 Å². The fraction of sp³-hybridized carbons (Fsp3) is 0.417. The molecule has 4 rings (SSSR count). The fourth-order valence-electron chi connectivity index (χ4n) is 4.04. The predicted molar refractivity (Wildman–Crippen MR) is 122 cm³/mol. The zero-order valence-corrected chi connectivity index (χ0v) is 18.6. The first-order valence-electron chi connectivity index (χ1n) is 10.7. The first-order chi connectivity index (χ1) is 15.0. The molecular weight excluding hydrogens is 414 g/mol. The number of methoxy groups -OCH3 is 1. The van der Waals surface area contributed by atoms with Crippen LogP contribution in [0.1, 0.15) is 48.1 Å². The molecule has 1 aliphatic heterocycles. The molecule has 1 heterocycles. The molecule has 1 saturated carbocycles. The topological polar surface area (TPSA) is 70.7 Å². The number of nitrogens with one attached hydrogen (secondary N) is 2. The third-order valence-corrected chi connectivity index (χ3v) is 6.44. The fourth-order valence-corrected chi connectivity index (χ4v) is 4.25. The minimum absolute atomic E-state index is 0.0419. The normalized spacial score (nSPS) is 19.6. The molecule has 0 bridgehead atoms. The Morgan fingerprint density at radius 3 is 2.58 bits per heavy atom. The summed E-state index contributed by atoms with van der Waals surface area (Å²) in [6.45, 7) is 3.90. The number of nitrogens with zero attached hydrogens (tertiary/aromatic N) is 1. The lowest BCUT2D eigenvalue weighted by molar-refractivity contribution is -0.117. The van der Waals surface area contributed by atoms with Crippen LogP contribution in [0.25, 0.3) is 0 Å². The molecular formula is C24H28ClN3O3. The van der Waals surface area contributed by atoms with Crippen molar-refractivity contribution in [1.82, 2.24) is 10.2 Å². The number of amides is 2. The highest BCUT2D eigenvalue weighted by Gasteiger charge is 2.31. The van der Waals surface area contributed by atoms with Gasteiger partial charge in [0.2, 0.25) is 5.91 Å². The lowest BCUT2D eigenvalue weighted by atomic mass is 10.1. The maximum Gasteiger partial charge on any atom is 0.255 e. The second kappa shape index (κ2) is 9.28. The summed E-state index contributed by atoms with van der Waals surface area (Å²) in [7, 11) is 1.51. The summed E-state index contributed by atoms with van der Waals surface area (Å²) in [5, 5.41) is 6.27. The Hall–Kier alpha value is -2.57. The van der Waals surface area contributed by atoms with Crippen molar-refractivity contribution in [3.05, 3.63) is 58.6 Å². The number of likely N-dealkylation sites (tertiary alicyclic amines) is 1. The Morgan fingerprint density at radius 2 is 1.90 bits per heavy atom. The van der Waals surface area contributed by atoms with Crippen LogP contribution in [-0.2, 0) is 4.79 Å². The van der Waals surface area contributed by atoms with Crippen LogP contribution >= 0.6 is 11.6 Å². The number of benzene rings is 2. The second-order valence-corrected chi connectivity index (χ2v) is 8.74. The van der Waals surface area contributed by atoms with Gasteiger partial charge >= 0.3 is 0 Å². The van der Waals surface area contributed by atoms with Gasteiger partial charge in [0.15, 0.2) is 0 Å². The van der Waals surface area contributed by atoms with Crippen molar-refractivity contribution in [2.24, 2.45) is 5.92 Å². The van der Waals surface area contributed by atoms with E-state index in [1.807, 2.05) is 18.2 Å². The van der Waals surface area contributed by atoms with Crippen LogP contribution in [0, 0.1) is 5.92 Å². The number of carbonyl (C=O) groups is 2. The zero-order valence-electron chi connectivity index (χ0n) is 17.9. The first kappa shape index (κ1) is 21.7. The van der Waals surface area contributed by atoms with Crippen LogP contribution in [0.4, 0.5) is 5.69 Å². The van der Waals surface area contributed by atoms with Gasteiger partial charge in [0.25, 0.3) is 5.91 Å². The summed E-state index contributed by atoms with van der Waals surface area (Å²) in [5.74, 6) is 0.187. The molecule has 0 unspecified atom stereocenters. The number of rotatable bonds is 7. The number of halogens is 1. The summed E-state index contributed by atoms with van der Waals surface area (Å²) in [6.07, 6.45) is 2.69. The van der Waals surface area contributed by atoms with Crippen molar-refractivity contribution in [3.63, 3.8) is 0 Å². The molecule has 2 aliphatic rings. The molecule has 1 aliphatic carbocycles. The molecule has 2 amide bonds. The standard InChI is InChI=1S/C24H28ClN3O3/c1-15(16-6-4-3-5-7-16)28-11-10-18(14-28)26-24(30)19-12-20(25)21(13-22(19)31-2)27-23(29)17-8-9-17/h3-7,12-13,15,17-18H,8-11,14H2,1-2H3,(H,26,30)(H,27,29)/t15-,18+/m1/s1.